The van der Waals surface area contributed by atoms with E-state index in [-0.39, 0.29) is 25.2 Å². The lowest BCUT2D eigenvalue weighted by atomic mass is 10.1. The van der Waals surface area contributed by atoms with Crippen LogP contribution in [0.2, 0.25) is 0 Å². The predicted octanol–water partition coefficient (Wildman–Crippen LogP) is 0.504. The third-order valence-electron chi connectivity index (χ3n) is 3.12. The molecule has 0 aliphatic rings. The highest BCUT2D eigenvalue weighted by atomic mass is 32.4. The maximum Gasteiger partial charge on any atom is 0.306 e. The first-order valence-electron chi connectivity index (χ1n) is 6.64. The number of hydrogen-bond acceptors (Lipinski definition) is 5. The summed E-state index contributed by atoms with van der Waals surface area (Å²) < 4.78 is 0. The number of rotatable bonds is 12. The van der Waals surface area contributed by atoms with Crippen LogP contribution in [0.5, 0.6) is 0 Å². The molecule has 2 atom stereocenters. The van der Waals surface area contributed by atoms with Crippen molar-refractivity contribution in [1.82, 2.24) is 0 Å². The molecule has 11 heteroatoms. The van der Waals surface area contributed by atoms with Crippen molar-refractivity contribution in [2.24, 2.45) is 11.8 Å². The predicted molar refractivity (Wildman–Crippen MR) is 82.2 cm³/mol. The van der Waals surface area contributed by atoms with Crippen molar-refractivity contribution >= 4 is 41.9 Å². The second-order valence-electron chi connectivity index (χ2n) is 5.15. The lowest BCUT2D eigenvalue weighted by molar-refractivity contribution is -0.143. The van der Waals surface area contributed by atoms with Gasteiger partial charge >= 0.3 is 23.9 Å². The van der Waals surface area contributed by atoms with Crippen LogP contribution in [0.3, 0.4) is 0 Å². The minimum atomic E-state index is -3.35. The van der Waals surface area contributed by atoms with Crippen molar-refractivity contribution in [2.45, 2.75) is 25.7 Å². The first-order valence-corrected chi connectivity index (χ1v) is 9.77. The Labute approximate surface area is 137 Å². The van der Waals surface area contributed by atoms with Crippen molar-refractivity contribution in [3.8, 4) is 0 Å². The fraction of sp³-hybridized carbons (Fsp3) is 0.667. The molecule has 5 N–H and O–H groups in total. The maximum absolute atomic E-state index is 11.1. The van der Waals surface area contributed by atoms with Gasteiger partial charge in [-0.15, -0.1) is 0 Å². The molecule has 132 valence electrons. The lowest BCUT2D eigenvalue weighted by Crippen LogP contribution is -2.24. The highest BCUT2D eigenvalue weighted by Crippen LogP contribution is 2.46. The SMILES string of the molecule is O=C(O)CCC(CP(O)(=S)CC(CCC(=O)O)C(=O)O)C(=O)O. The van der Waals surface area contributed by atoms with E-state index in [1.54, 1.807) is 0 Å². The summed E-state index contributed by atoms with van der Waals surface area (Å²) in [5.74, 6) is -7.37. The summed E-state index contributed by atoms with van der Waals surface area (Å²) in [4.78, 5) is 53.4. The van der Waals surface area contributed by atoms with Gasteiger partial charge in [0.1, 0.15) is 0 Å². The maximum atomic E-state index is 11.1. The Morgan fingerprint density at radius 1 is 0.783 bits per heavy atom. The Bertz CT molecular complexity index is 477. The molecule has 0 aliphatic heterocycles. The van der Waals surface area contributed by atoms with Gasteiger partial charge in [0.05, 0.1) is 18.1 Å². The Kier molecular flexibility index (Phi) is 8.96. The number of carboxylic acid groups (broad SMARTS) is 4. The Morgan fingerprint density at radius 2 is 1.09 bits per heavy atom. The Balaban J connectivity index is 4.87. The van der Waals surface area contributed by atoms with Gasteiger partial charge in [-0.2, -0.15) is 0 Å². The molecule has 0 bridgehead atoms. The summed E-state index contributed by atoms with van der Waals surface area (Å²) in [5, 5.41) is 35.2. The molecule has 0 rings (SSSR count). The molecule has 23 heavy (non-hydrogen) atoms. The molecule has 9 nitrogen and oxygen atoms in total. The third kappa shape index (κ3) is 9.98. The van der Waals surface area contributed by atoms with Crippen molar-refractivity contribution in [3.63, 3.8) is 0 Å². The van der Waals surface area contributed by atoms with E-state index < -0.39 is 54.8 Å². The standard InChI is InChI=1S/C12H19O9PS/c13-9(14)3-1-7(11(17)18)5-22(21,23)6-8(12(19)20)2-4-10(15)16/h7-8H,1-6H2,(H,13,14)(H,15,16)(H,17,18)(H,19,20)(H,21,23). The molecule has 0 fully saturated rings. The van der Waals surface area contributed by atoms with Crippen LogP contribution in [0.4, 0.5) is 0 Å². The number of carboxylic acids is 4. The molecular formula is C12H19O9PS. The van der Waals surface area contributed by atoms with Crippen LogP contribution in [0, 0.1) is 11.8 Å². The van der Waals surface area contributed by atoms with Crippen molar-refractivity contribution < 1.29 is 44.5 Å². The van der Waals surface area contributed by atoms with Gasteiger partial charge in [-0.25, -0.2) is 0 Å². The molecule has 0 aromatic heterocycles. The number of carbonyl (C=O) groups is 4. The zero-order chi connectivity index (χ0) is 18.2. The van der Waals surface area contributed by atoms with E-state index in [9.17, 15) is 24.1 Å². The third-order valence-corrected chi connectivity index (χ3v) is 6.04. The first kappa shape index (κ1) is 21.5. The van der Waals surface area contributed by atoms with Gasteiger partial charge < -0.3 is 25.3 Å². The summed E-state index contributed by atoms with van der Waals surface area (Å²) in [6.07, 6.45) is -5.39. The summed E-state index contributed by atoms with van der Waals surface area (Å²) in [7, 11) is 0. The normalized spacial score (nSPS) is 16.0. The minimum absolute atomic E-state index is 0.226. The van der Waals surface area contributed by atoms with Crippen LogP contribution in [0.15, 0.2) is 0 Å². The Morgan fingerprint density at radius 3 is 1.30 bits per heavy atom. The van der Waals surface area contributed by atoms with Gasteiger partial charge in [0.15, 0.2) is 0 Å². The van der Waals surface area contributed by atoms with Crippen LogP contribution in [-0.2, 0) is 31.0 Å². The van der Waals surface area contributed by atoms with Crippen molar-refractivity contribution in [3.05, 3.63) is 0 Å². The van der Waals surface area contributed by atoms with Gasteiger partial charge in [-0.05, 0) is 12.8 Å². The van der Waals surface area contributed by atoms with Crippen LogP contribution in [0.25, 0.3) is 0 Å². The summed E-state index contributed by atoms with van der Waals surface area (Å²) in [6, 6.07) is 0. The molecule has 2 unspecified atom stereocenters. The molecule has 0 saturated carbocycles. The highest BCUT2D eigenvalue weighted by Gasteiger charge is 2.31. The van der Waals surface area contributed by atoms with Crippen LogP contribution < -0.4 is 0 Å². The molecule has 0 amide bonds. The zero-order valence-corrected chi connectivity index (χ0v) is 13.8. The molecule has 0 saturated heterocycles. The largest absolute Gasteiger partial charge is 0.481 e. The van der Waals surface area contributed by atoms with Crippen molar-refractivity contribution in [2.75, 3.05) is 12.3 Å². The van der Waals surface area contributed by atoms with Crippen LogP contribution in [-0.4, -0.2) is 61.5 Å². The van der Waals surface area contributed by atoms with Gasteiger partial charge in [-0.3, -0.25) is 19.2 Å². The van der Waals surface area contributed by atoms with Gasteiger partial charge in [0.2, 0.25) is 0 Å². The zero-order valence-electron chi connectivity index (χ0n) is 12.1. The fourth-order valence-electron chi connectivity index (χ4n) is 1.94. The highest BCUT2D eigenvalue weighted by molar-refractivity contribution is 8.11. The monoisotopic (exact) mass is 370 g/mol. The van der Waals surface area contributed by atoms with Gasteiger partial charge in [0, 0.05) is 25.2 Å². The van der Waals surface area contributed by atoms with E-state index in [1.807, 2.05) is 0 Å². The quantitative estimate of drug-likeness (QED) is 0.305. The second kappa shape index (κ2) is 9.59. The van der Waals surface area contributed by atoms with Crippen LogP contribution >= 0.6 is 6.26 Å². The van der Waals surface area contributed by atoms with E-state index >= 15 is 0 Å². The van der Waals surface area contributed by atoms with Gasteiger partial charge in [0.25, 0.3) is 0 Å². The first-order chi connectivity index (χ1) is 10.4. The molecule has 0 radical (unpaired) electrons. The average molecular weight is 370 g/mol. The summed E-state index contributed by atoms with van der Waals surface area (Å²) in [6.45, 7) is 0. The van der Waals surface area contributed by atoms with E-state index in [1.165, 1.54) is 0 Å². The van der Waals surface area contributed by atoms with E-state index in [4.69, 9.17) is 32.2 Å². The topological polar surface area (TPSA) is 169 Å². The van der Waals surface area contributed by atoms with Crippen LogP contribution in [0.1, 0.15) is 25.7 Å². The minimum Gasteiger partial charge on any atom is -0.481 e. The Hall–Kier alpha value is -1.51. The van der Waals surface area contributed by atoms with E-state index in [0.29, 0.717) is 0 Å². The average Bonchev–Trinajstić information content (AvgIpc) is 2.38. The molecule has 0 heterocycles. The molecule has 0 aromatic rings. The van der Waals surface area contributed by atoms with Gasteiger partial charge in [-0.1, -0.05) is 11.8 Å². The molecular weight excluding hydrogens is 351 g/mol. The van der Waals surface area contributed by atoms with Crippen molar-refractivity contribution in [1.29, 1.82) is 0 Å². The molecule has 0 spiro atoms. The summed E-state index contributed by atoms with van der Waals surface area (Å²) in [5.41, 5.74) is 0. The summed E-state index contributed by atoms with van der Waals surface area (Å²) >= 11 is 4.94. The van der Waals surface area contributed by atoms with E-state index in [0.717, 1.165) is 0 Å². The number of hydrogen-bond donors (Lipinski definition) is 5. The van der Waals surface area contributed by atoms with E-state index in [2.05, 4.69) is 0 Å². The smallest absolute Gasteiger partial charge is 0.306 e. The molecule has 0 aromatic carbocycles. The molecule has 0 aliphatic carbocycles. The lowest BCUT2D eigenvalue weighted by Gasteiger charge is -2.22. The number of aliphatic carboxylic acids is 4. The second-order valence-corrected chi connectivity index (χ2v) is 9.61. The fourth-order valence-corrected chi connectivity index (χ4v) is 5.23.